The zero-order valence-corrected chi connectivity index (χ0v) is 20.5. The van der Waals surface area contributed by atoms with Crippen molar-refractivity contribution in [3.63, 3.8) is 0 Å². The van der Waals surface area contributed by atoms with Gasteiger partial charge in [-0.2, -0.15) is 0 Å². The predicted octanol–water partition coefficient (Wildman–Crippen LogP) is 5.66. The lowest BCUT2D eigenvalue weighted by Crippen LogP contribution is -2.30. The number of aliphatic hydroxyl groups excluding tert-OH is 1. The van der Waals surface area contributed by atoms with Crippen molar-refractivity contribution in [1.29, 1.82) is 0 Å². The number of rotatable bonds is 9. The van der Waals surface area contributed by atoms with Gasteiger partial charge in [0, 0.05) is 17.0 Å². The molecule has 4 rings (SSSR count). The standard InChI is InChI=1S/C28H27NO5S/c1-18(2)17-34-28(33)20-11-13-21(14-12-20)29-25(23-9-6-16-35-23)24(26(31)27(29)32)22(30)15-10-19-7-4-3-5-8-19/h3-9,11-14,16,18,25,31H,10,15,17H2,1-2H3. The van der Waals surface area contributed by atoms with Crippen molar-refractivity contribution in [2.75, 3.05) is 11.5 Å². The number of aryl methyl sites for hydroxylation is 1. The van der Waals surface area contributed by atoms with E-state index in [0.29, 0.717) is 24.3 Å². The number of thiophene rings is 1. The molecule has 3 aromatic rings. The Labute approximate surface area is 208 Å². The molecule has 7 heteroatoms. The monoisotopic (exact) mass is 489 g/mol. The summed E-state index contributed by atoms with van der Waals surface area (Å²) < 4.78 is 5.27. The number of anilines is 1. The maximum atomic E-state index is 13.3. The fraction of sp³-hybridized carbons (Fsp3) is 0.250. The number of aliphatic hydroxyl groups is 1. The van der Waals surface area contributed by atoms with Gasteiger partial charge in [0.2, 0.25) is 0 Å². The topological polar surface area (TPSA) is 83.9 Å². The van der Waals surface area contributed by atoms with E-state index in [1.165, 1.54) is 16.2 Å². The van der Waals surface area contributed by atoms with Gasteiger partial charge in [-0.25, -0.2) is 4.79 Å². The van der Waals surface area contributed by atoms with E-state index in [1.807, 2.05) is 61.7 Å². The van der Waals surface area contributed by atoms with Crippen LogP contribution in [-0.4, -0.2) is 29.4 Å². The van der Waals surface area contributed by atoms with E-state index in [2.05, 4.69) is 0 Å². The first-order valence-corrected chi connectivity index (χ1v) is 12.4. The van der Waals surface area contributed by atoms with Crippen molar-refractivity contribution in [1.82, 2.24) is 0 Å². The van der Waals surface area contributed by atoms with E-state index in [0.717, 1.165) is 10.4 Å². The molecule has 0 aliphatic carbocycles. The second-order valence-corrected chi connectivity index (χ2v) is 9.78. The number of carbonyl (C=O) groups is 3. The molecule has 0 saturated carbocycles. The molecule has 1 aliphatic heterocycles. The molecular formula is C28H27NO5S. The zero-order valence-electron chi connectivity index (χ0n) is 19.6. The number of nitrogens with zero attached hydrogens (tertiary/aromatic N) is 1. The molecule has 1 atom stereocenters. The fourth-order valence-electron chi connectivity index (χ4n) is 3.99. The molecule has 6 nitrogen and oxygen atoms in total. The van der Waals surface area contributed by atoms with E-state index in [4.69, 9.17) is 4.74 Å². The second-order valence-electron chi connectivity index (χ2n) is 8.80. The van der Waals surface area contributed by atoms with E-state index in [-0.39, 0.29) is 23.7 Å². The highest BCUT2D eigenvalue weighted by molar-refractivity contribution is 7.10. The van der Waals surface area contributed by atoms with Crippen LogP contribution in [0.5, 0.6) is 0 Å². The third-order valence-corrected chi connectivity index (χ3v) is 6.66. The summed E-state index contributed by atoms with van der Waals surface area (Å²) >= 11 is 1.41. The Hall–Kier alpha value is -3.71. The number of esters is 1. The van der Waals surface area contributed by atoms with Crippen molar-refractivity contribution >= 4 is 34.7 Å². The lowest BCUT2D eigenvalue weighted by molar-refractivity contribution is -0.118. The van der Waals surface area contributed by atoms with Crippen molar-refractivity contribution in [2.45, 2.75) is 32.7 Å². The van der Waals surface area contributed by atoms with Gasteiger partial charge in [0.05, 0.1) is 17.7 Å². The first kappa shape index (κ1) is 24.4. The number of ketones is 1. The normalized spacial score (nSPS) is 15.7. The summed E-state index contributed by atoms with van der Waals surface area (Å²) in [7, 11) is 0. The summed E-state index contributed by atoms with van der Waals surface area (Å²) in [4.78, 5) is 40.9. The number of benzene rings is 2. The molecule has 0 fully saturated rings. The SMILES string of the molecule is CC(C)COC(=O)c1ccc(N2C(=O)C(O)=C(C(=O)CCc3ccccc3)C2c2cccs2)cc1. The van der Waals surface area contributed by atoms with Crippen molar-refractivity contribution in [2.24, 2.45) is 5.92 Å². The van der Waals surface area contributed by atoms with Gasteiger partial charge >= 0.3 is 5.97 Å². The Morgan fingerprint density at radius 3 is 2.37 bits per heavy atom. The third-order valence-electron chi connectivity index (χ3n) is 5.73. The van der Waals surface area contributed by atoms with E-state index < -0.39 is 23.7 Å². The summed E-state index contributed by atoms with van der Waals surface area (Å²) in [6.45, 7) is 4.23. The Morgan fingerprint density at radius 2 is 1.74 bits per heavy atom. The van der Waals surface area contributed by atoms with Crippen LogP contribution < -0.4 is 4.90 Å². The first-order valence-electron chi connectivity index (χ1n) is 11.5. The average molecular weight is 490 g/mol. The van der Waals surface area contributed by atoms with Crippen molar-refractivity contribution in [3.05, 3.63) is 99.4 Å². The highest BCUT2D eigenvalue weighted by Crippen LogP contribution is 2.43. The largest absolute Gasteiger partial charge is 0.503 e. The first-order chi connectivity index (χ1) is 16.9. The number of amides is 1. The Balaban J connectivity index is 1.60. The van der Waals surface area contributed by atoms with E-state index >= 15 is 0 Å². The summed E-state index contributed by atoms with van der Waals surface area (Å²) in [5.74, 6) is -1.65. The molecule has 0 bridgehead atoms. The average Bonchev–Trinajstić information content (AvgIpc) is 3.48. The molecular weight excluding hydrogens is 462 g/mol. The molecule has 1 unspecified atom stereocenters. The summed E-state index contributed by atoms with van der Waals surface area (Å²) in [6, 6.07) is 19.0. The Morgan fingerprint density at radius 1 is 1.03 bits per heavy atom. The quantitative estimate of drug-likeness (QED) is 0.392. The van der Waals surface area contributed by atoms with Crippen LogP contribution in [0.1, 0.15) is 47.1 Å². The Bertz CT molecular complexity index is 1230. The predicted molar refractivity (Wildman–Crippen MR) is 136 cm³/mol. The molecule has 0 saturated heterocycles. The summed E-state index contributed by atoms with van der Waals surface area (Å²) in [5.41, 5.74) is 1.96. The Kier molecular flexibility index (Phi) is 7.46. The second kappa shape index (κ2) is 10.7. The van der Waals surface area contributed by atoms with Crippen molar-refractivity contribution < 1.29 is 24.2 Å². The highest BCUT2D eigenvalue weighted by Gasteiger charge is 2.44. The molecule has 0 radical (unpaired) electrons. The number of ether oxygens (including phenoxy) is 1. The molecule has 35 heavy (non-hydrogen) atoms. The van der Waals surface area contributed by atoms with Gasteiger partial charge in [-0.3, -0.25) is 14.5 Å². The fourth-order valence-corrected chi connectivity index (χ4v) is 4.82. The smallest absolute Gasteiger partial charge is 0.338 e. The number of Topliss-reactive ketones (excluding diaryl/α,β-unsaturated/α-hetero) is 1. The van der Waals surface area contributed by atoms with Gasteiger partial charge in [-0.1, -0.05) is 50.2 Å². The molecule has 0 spiro atoms. The van der Waals surface area contributed by atoms with Crippen LogP contribution in [0.15, 0.2) is 83.4 Å². The number of carbonyl (C=O) groups excluding carboxylic acids is 3. The van der Waals surface area contributed by atoms with E-state index in [1.54, 1.807) is 24.3 Å². The molecule has 2 aromatic carbocycles. The van der Waals surface area contributed by atoms with Gasteiger partial charge < -0.3 is 9.84 Å². The minimum Gasteiger partial charge on any atom is -0.503 e. The molecule has 1 aromatic heterocycles. The molecule has 2 heterocycles. The van der Waals surface area contributed by atoms with Gasteiger partial charge in [-0.15, -0.1) is 11.3 Å². The van der Waals surface area contributed by atoms with Crippen LogP contribution in [0.25, 0.3) is 0 Å². The van der Waals surface area contributed by atoms with Crippen LogP contribution in [-0.2, 0) is 20.7 Å². The van der Waals surface area contributed by atoms with Crippen LogP contribution in [0, 0.1) is 5.92 Å². The summed E-state index contributed by atoms with van der Waals surface area (Å²) in [6.07, 6.45) is 0.683. The van der Waals surface area contributed by atoms with Crippen molar-refractivity contribution in [3.8, 4) is 0 Å². The van der Waals surface area contributed by atoms with Crippen LogP contribution in [0.3, 0.4) is 0 Å². The van der Waals surface area contributed by atoms with Crippen LogP contribution in [0.4, 0.5) is 5.69 Å². The summed E-state index contributed by atoms with van der Waals surface area (Å²) in [5, 5.41) is 12.7. The maximum absolute atomic E-state index is 13.3. The maximum Gasteiger partial charge on any atom is 0.338 e. The van der Waals surface area contributed by atoms with Gasteiger partial charge in [0.25, 0.3) is 5.91 Å². The molecule has 180 valence electrons. The van der Waals surface area contributed by atoms with Gasteiger partial charge in [-0.05, 0) is 53.6 Å². The molecule has 1 aliphatic rings. The lowest BCUT2D eigenvalue weighted by Gasteiger charge is -2.26. The highest BCUT2D eigenvalue weighted by atomic mass is 32.1. The van der Waals surface area contributed by atoms with Crippen LogP contribution in [0.2, 0.25) is 0 Å². The third kappa shape index (κ3) is 5.35. The minimum atomic E-state index is -0.732. The van der Waals surface area contributed by atoms with E-state index in [9.17, 15) is 19.5 Å². The zero-order chi connectivity index (χ0) is 24.9. The minimum absolute atomic E-state index is 0.105. The van der Waals surface area contributed by atoms with Gasteiger partial charge in [0.15, 0.2) is 11.5 Å². The lowest BCUT2D eigenvalue weighted by atomic mass is 9.97. The van der Waals surface area contributed by atoms with Crippen LogP contribution >= 0.6 is 11.3 Å². The van der Waals surface area contributed by atoms with Gasteiger partial charge in [0.1, 0.15) is 6.04 Å². The number of hydrogen-bond donors (Lipinski definition) is 1. The number of hydrogen-bond acceptors (Lipinski definition) is 6. The molecule has 1 N–H and O–H groups in total. The molecule has 1 amide bonds.